The molecule has 0 saturated heterocycles. The molecule has 0 aliphatic heterocycles. The zero-order valence-corrected chi connectivity index (χ0v) is 22.9. The minimum absolute atomic E-state index is 0.0177. The number of ether oxygens (including phenoxy) is 2. The van der Waals surface area contributed by atoms with Crippen molar-refractivity contribution in [2.24, 2.45) is 5.10 Å². The number of hydrogen-bond donors (Lipinski definition) is 2. The van der Waals surface area contributed by atoms with Crippen LogP contribution in [0.15, 0.2) is 51.5 Å². The standard InChI is InChI=1S/C26H23ClN4O5S2/c1-35-18-10-14(11-19(36-2)23(18)33)12-28-30-21(32)13-37-26-29-24-22(17-4-3-5-20(17)38-24)25(34)31(26)16-8-6-15(27)7-9-16/h6-12,33H,3-5,13H2,1-2H3,(H,30,32)/b28-12+. The number of halogens is 1. The Morgan fingerprint density at radius 1 is 1.24 bits per heavy atom. The number of phenolic OH excluding ortho intramolecular Hbond substituents is 1. The molecule has 2 aromatic heterocycles. The summed E-state index contributed by atoms with van der Waals surface area (Å²) in [7, 11) is 2.85. The maximum atomic E-state index is 13.7. The summed E-state index contributed by atoms with van der Waals surface area (Å²) in [6, 6.07) is 10.1. The van der Waals surface area contributed by atoms with E-state index in [0.717, 1.165) is 36.6 Å². The third-order valence-corrected chi connectivity index (χ3v) is 8.41. The van der Waals surface area contributed by atoms with Gasteiger partial charge >= 0.3 is 0 Å². The van der Waals surface area contributed by atoms with Crippen LogP contribution in [0.3, 0.4) is 0 Å². The number of aromatic hydroxyl groups is 1. The molecule has 0 atom stereocenters. The summed E-state index contributed by atoms with van der Waals surface area (Å²) in [5, 5.41) is 15.7. The first-order valence-electron chi connectivity index (χ1n) is 11.6. The lowest BCUT2D eigenvalue weighted by Gasteiger charge is -2.12. The number of benzene rings is 2. The summed E-state index contributed by atoms with van der Waals surface area (Å²) in [4.78, 5) is 33.0. The number of nitrogens with one attached hydrogen (secondary N) is 1. The van der Waals surface area contributed by atoms with Gasteiger partial charge in [0.25, 0.3) is 11.5 Å². The van der Waals surface area contributed by atoms with Gasteiger partial charge in [0.1, 0.15) is 4.83 Å². The molecule has 2 N–H and O–H groups in total. The fourth-order valence-corrected chi connectivity index (χ4v) is 6.50. The lowest BCUT2D eigenvalue weighted by Crippen LogP contribution is -2.24. The summed E-state index contributed by atoms with van der Waals surface area (Å²) in [6.07, 6.45) is 4.28. The van der Waals surface area contributed by atoms with E-state index >= 15 is 0 Å². The van der Waals surface area contributed by atoms with Gasteiger partial charge in [-0.2, -0.15) is 5.10 Å². The molecule has 0 fully saturated rings. The fourth-order valence-electron chi connectivity index (χ4n) is 4.27. The van der Waals surface area contributed by atoms with Crippen LogP contribution in [0.4, 0.5) is 0 Å². The molecule has 0 unspecified atom stereocenters. The number of phenols is 1. The molecule has 0 spiro atoms. The van der Waals surface area contributed by atoms with E-state index in [1.807, 2.05) is 0 Å². The number of fused-ring (bicyclic) bond motifs is 3. The van der Waals surface area contributed by atoms with Gasteiger partial charge in [-0.3, -0.25) is 14.2 Å². The first-order chi connectivity index (χ1) is 18.4. The minimum Gasteiger partial charge on any atom is -0.502 e. The molecule has 1 aliphatic carbocycles. The molecule has 0 saturated carbocycles. The summed E-state index contributed by atoms with van der Waals surface area (Å²) >= 11 is 8.77. The predicted molar refractivity (Wildman–Crippen MR) is 150 cm³/mol. The Morgan fingerprint density at radius 2 is 1.95 bits per heavy atom. The second-order valence-electron chi connectivity index (χ2n) is 8.40. The largest absolute Gasteiger partial charge is 0.502 e. The van der Waals surface area contributed by atoms with Crippen molar-refractivity contribution < 1.29 is 19.4 Å². The molecule has 4 aromatic rings. The molecule has 2 heterocycles. The summed E-state index contributed by atoms with van der Waals surface area (Å²) < 4.78 is 11.8. The Kier molecular flexibility index (Phi) is 7.59. The van der Waals surface area contributed by atoms with E-state index in [4.69, 9.17) is 26.1 Å². The van der Waals surface area contributed by atoms with Crippen LogP contribution in [0, 0.1) is 0 Å². The number of carbonyl (C=O) groups is 1. The highest BCUT2D eigenvalue weighted by Gasteiger charge is 2.24. The molecule has 196 valence electrons. The van der Waals surface area contributed by atoms with Crippen LogP contribution in [0.1, 0.15) is 22.4 Å². The van der Waals surface area contributed by atoms with E-state index in [-0.39, 0.29) is 34.5 Å². The SMILES string of the molecule is COc1cc(/C=N/NC(=O)CSc2nc3sc4c(c3c(=O)n2-c2ccc(Cl)cc2)CCC4)cc(OC)c1O. The normalized spacial score (nSPS) is 12.7. The maximum Gasteiger partial charge on any atom is 0.267 e. The van der Waals surface area contributed by atoms with Crippen molar-refractivity contribution in [1.82, 2.24) is 15.0 Å². The average molecular weight is 571 g/mol. The van der Waals surface area contributed by atoms with Crippen molar-refractivity contribution in [1.29, 1.82) is 0 Å². The smallest absolute Gasteiger partial charge is 0.267 e. The number of methoxy groups -OCH3 is 2. The van der Waals surface area contributed by atoms with E-state index in [2.05, 4.69) is 10.5 Å². The van der Waals surface area contributed by atoms with E-state index in [1.165, 1.54) is 25.3 Å². The Hall–Kier alpha value is -3.54. The lowest BCUT2D eigenvalue weighted by molar-refractivity contribution is -0.118. The number of thiophene rings is 1. The number of aryl methyl sites for hydroxylation is 2. The number of amides is 1. The third-order valence-electron chi connectivity index (χ3n) is 6.03. The summed E-state index contributed by atoms with van der Waals surface area (Å²) in [5.41, 5.74) is 4.61. The minimum atomic E-state index is -0.380. The van der Waals surface area contributed by atoms with E-state index in [1.54, 1.807) is 52.3 Å². The van der Waals surface area contributed by atoms with Gasteiger partial charge in [-0.15, -0.1) is 11.3 Å². The van der Waals surface area contributed by atoms with Crippen molar-refractivity contribution in [3.63, 3.8) is 0 Å². The molecular weight excluding hydrogens is 548 g/mol. The number of hydrazone groups is 1. The average Bonchev–Trinajstić information content (AvgIpc) is 3.50. The maximum absolute atomic E-state index is 13.7. The van der Waals surface area contributed by atoms with Crippen molar-refractivity contribution in [2.75, 3.05) is 20.0 Å². The van der Waals surface area contributed by atoms with Gasteiger partial charge in [0.15, 0.2) is 16.7 Å². The molecule has 5 rings (SSSR count). The highest BCUT2D eigenvalue weighted by atomic mass is 35.5. The lowest BCUT2D eigenvalue weighted by atomic mass is 10.2. The van der Waals surface area contributed by atoms with Gasteiger partial charge in [-0.25, -0.2) is 10.4 Å². The molecule has 12 heteroatoms. The highest BCUT2D eigenvalue weighted by molar-refractivity contribution is 7.99. The molecule has 0 radical (unpaired) electrons. The Morgan fingerprint density at radius 3 is 2.63 bits per heavy atom. The Bertz CT molecular complexity index is 1590. The number of thioether (sulfide) groups is 1. The van der Waals surface area contributed by atoms with Crippen LogP contribution in [-0.2, 0) is 17.6 Å². The first kappa shape index (κ1) is 26.1. The number of carbonyl (C=O) groups excluding carboxylic acids is 1. The Labute approximate surface area is 231 Å². The van der Waals surface area contributed by atoms with Gasteiger partial charge < -0.3 is 14.6 Å². The number of nitrogens with zero attached hydrogens (tertiary/aromatic N) is 3. The van der Waals surface area contributed by atoms with E-state index in [9.17, 15) is 14.7 Å². The Balaban J connectivity index is 1.38. The van der Waals surface area contributed by atoms with Gasteiger partial charge in [0, 0.05) is 15.5 Å². The summed E-state index contributed by atoms with van der Waals surface area (Å²) in [6.45, 7) is 0. The van der Waals surface area contributed by atoms with Crippen molar-refractivity contribution in [2.45, 2.75) is 24.4 Å². The first-order valence-corrected chi connectivity index (χ1v) is 13.8. The van der Waals surface area contributed by atoms with E-state index in [0.29, 0.717) is 31.6 Å². The highest BCUT2D eigenvalue weighted by Crippen LogP contribution is 2.37. The van der Waals surface area contributed by atoms with Gasteiger partial charge in [-0.05, 0) is 61.2 Å². The van der Waals surface area contributed by atoms with Gasteiger partial charge in [0.2, 0.25) is 5.75 Å². The molecule has 1 aliphatic rings. The number of aromatic nitrogens is 2. The third kappa shape index (κ3) is 5.09. The molecule has 2 aromatic carbocycles. The second kappa shape index (κ2) is 11.1. The van der Waals surface area contributed by atoms with Crippen LogP contribution >= 0.6 is 34.7 Å². The van der Waals surface area contributed by atoms with Crippen molar-refractivity contribution in [3.05, 3.63) is 67.8 Å². The van der Waals surface area contributed by atoms with Crippen LogP contribution in [0.2, 0.25) is 5.02 Å². The van der Waals surface area contributed by atoms with Gasteiger partial charge in [-0.1, -0.05) is 23.4 Å². The molecule has 0 bridgehead atoms. The van der Waals surface area contributed by atoms with E-state index < -0.39 is 0 Å². The molecule has 9 nitrogen and oxygen atoms in total. The van der Waals surface area contributed by atoms with Crippen molar-refractivity contribution in [3.8, 4) is 22.9 Å². The van der Waals surface area contributed by atoms with Crippen LogP contribution in [0.25, 0.3) is 15.9 Å². The zero-order valence-electron chi connectivity index (χ0n) is 20.5. The van der Waals surface area contributed by atoms with Crippen LogP contribution < -0.4 is 20.5 Å². The zero-order chi connectivity index (χ0) is 26.8. The molecular formula is C26H23ClN4O5S2. The number of hydrogen-bond acceptors (Lipinski definition) is 9. The summed E-state index contributed by atoms with van der Waals surface area (Å²) in [5.74, 6) is -0.0898. The monoisotopic (exact) mass is 570 g/mol. The van der Waals surface area contributed by atoms with Gasteiger partial charge in [0.05, 0.1) is 37.3 Å². The van der Waals surface area contributed by atoms with Crippen LogP contribution in [-0.4, -0.2) is 46.8 Å². The topological polar surface area (TPSA) is 115 Å². The van der Waals surface area contributed by atoms with Crippen LogP contribution in [0.5, 0.6) is 17.2 Å². The fraction of sp³-hybridized carbons (Fsp3) is 0.231. The second-order valence-corrected chi connectivity index (χ2v) is 10.9. The predicted octanol–water partition coefficient (Wildman–Crippen LogP) is 4.55. The molecule has 1 amide bonds. The quantitative estimate of drug-likeness (QED) is 0.138. The number of rotatable bonds is 8. The van der Waals surface area contributed by atoms with Crippen molar-refractivity contribution >= 4 is 57.0 Å². The molecule has 38 heavy (non-hydrogen) atoms.